The predicted octanol–water partition coefficient (Wildman–Crippen LogP) is 3.85. The van der Waals surface area contributed by atoms with Crippen LogP contribution in [-0.2, 0) is 0 Å². The van der Waals surface area contributed by atoms with Gasteiger partial charge in [-0.15, -0.1) is 11.3 Å². The van der Waals surface area contributed by atoms with Crippen molar-refractivity contribution in [1.82, 2.24) is 9.97 Å². The second-order valence-corrected chi connectivity index (χ2v) is 5.25. The van der Waals surface area contributed by atoms with Crippen LogP contribution in [0.5, 0.6) is 0 Å². The Kier molecular flexibility index (Phi) is 3.11. The van der Waals surface area contributed by atoms with E-state index in [2.05, 4.69) is 9.97 Å². The summed E-state index contributed by atoms with van der Waals surface area (Å²) in [4.78, 5) is 19.6. The van der Waals surface area contributed by atoms with Crippen molar-refractivity contribution in [2.24, 2.45) is 0 Å². The first-order valence-electron chi connectivity index (χ1n) is 5.50. The Hall–Kier alpha value is -2.05. The number of hydrogen-bond acceptors (Lipinski definition) is 4. The SMILES string of the molecule is O=C(O)c1cc(-c2nccs2)nc2c(F)ccc(Cl)c12. The zero-order chi connectivity index (χ0) is 14.3. The van der Waals surface area contributed by atoms with Crippen molar-refractivity contribution < 1.29 is 14.3 Å². The van der Waals surface area contributed by atoms with Gasteiger partial charge in [-0.05, 0) is 18.2 Å². The van der Waals surface area contributed by atoms with Gasteiger partial charge in [0, 0.05) is 17.0 Å². The van der Waals surface area contributed by atoms with Crippen molar-refractivity contribution in [1.29, 1.82) is 0 Å². The lowest BCUT2D eigenvalue weighted by Crippen LogP contribution is -2.02. The molecule has 0 spiro atoms. The van der Waals surface area contributed by atoms with Gasteiger partial charge in [0.1, 0.15) is 22.0 Å². The van der Waals surface area contributed by atoms with E-state index in [1.165, 1.54) is 23.5 Å². The van der Waals surface area contributed by atoms with Crippen molar-refractivity contribution in [2.45, 2.75) is 0 Å². The Morgan fingerprint density at radius 3 is 2.85 bits per heavy atom. The molecule has 0 aliphatic heterocycles. The summed E-state index contributed by atoms with van der Waals surface area (Å²) in [5, 5.41) is 11.8. The molecule has 1 N–H and O–H groups in total. The monoisotopic (exact) mass is 308 g/mol. The van der Waals surface area contributed by atoms with Crippen LogP contribution in [0, 0.1) is 5.82 Å². The molecule has 0 radical (unpaired) electrons. The van der Waals surface area contributed by atoms with Gasteiger partial charge in [0.15, 0.2) is 0 Å². The number of carbonyl (C=O) groups is 1. The molecule has 0 bridgehead atoms. The number of aromatic carboxylic acids is 1. The maximum Gasteiger partial charge on any atom is 0.336 e. The van der Waals surface area contributed by atoms with E-state index in [9.17, 15) is 14.3 Å². The molecule has 2 aromatic heterocycles. The van der Waals surface area contributed by atoms with Crippen LogP contribution in [0.3, 0.4) is 0 Å². The quantitative estimate of drug-likeness (QED) is 0.781. The summed E-state index contributed by atoms with van der Waals surface area (Å²) in [6.07, 6.45) is 1.57. The summed E-state index contributed by atoms with van der Waals surface area (Å²) in [5.74, 6) is -1.81. The first kappa shape index (κ1) is 13.0. The fraction of sp³-hybridized carbons (Fsp3) is 0. The van der Waals surface area contributed by atoms with E-state index in [4.69, 9.17) is 11.6 Å². The Bertz CT molecular complexity index is 821. The normalized spacial score (nSPS) is 10.9. The van der Waals surface area contributed by atoms with Crippen molar-refractivity contribution in [2.75, 3.05) is 0 Å². The summed E-state index contributed by atoms with van der Waals surface area (Å²) in [5.41, 5.74) is 0.151. The molecule has 4 nitrogen and oxygen atoms in total. The van der Waals surface area contributed by atoms with E-state index in [-0.39, 0.29) is 21.5 Å². The van der Waals surface area contributed by atoms with Gasteiger partial charge in [-0.2, -0.15) is 0 Å². The highest BCUT2D eigenvalue weighted by Gasteiger charge is 2.18. The number of carboxylic acid groups (broad SMARTS) is 1. The molecular formula is C13H6ClFN2O2S. The topological polar surface area (TPSA) is 63.1 Å². The number of aromatic nitrogens is 2. The molecule has 0 aliphatic carbocycles. The molecule has 7 heteroatoms. The molecular weight excluding hydrogens is 303 g/mol. The van der Waals surface area contributed by atoms with E-state index in [1.807, 2.05) is 0 Å². The average molecular weight is 309 g/mol. The van der Waals surface area contributed by atoms with Gasteiger partial charge in [-0.25, -0.2) is 19.2 Å². The van der Waals surface area contributed by atoms with Gasteiger partial charge in [-0.1, -0.05) is 11.6 Å². The zero-order valence-corrected chi connectivity index (χ0v) is 11.4. The maximum atomic E-state index is 13.9. The van der Waals surface area contributed by atoms with Crippen LogP contribution in [0.25, 0.3) is 21.6 Å². The number of benzene rings is 1. The van der Waals surface area contributed by atoms with Crippen LogP contribution in [0.4, 0.5) is 4.39 Å². The van der Waals surface area contributed by atoms with Crippen LogP contribution < -0.4 is 0 Å². The molecule has 0 amide bonds. The van der Waals surface area contributed by atoms with Gasteiger partial charge < -0.3 is 5.11 Å². The molecule has 0 atom stereocenters. The lowest BCUT2D eigenvalue weighted by Gasteiger charge is -2.07. The second-order valence-electron chi connectivity index (χ2n) is 3.95. The van der Waals surface area contributed by atoms with Crippen LogP contribution in [0.2, 0.25) is 5.02 Å². The van der Waals surface area contributed by atoms with E-state index in [1.54, 1.807) is 11.6 Å². The van der Waals surface area contributed by atoms with Crippen molar-refractivity contribution in [3.05, 3.63) is 46.2 Å². The molecule has 0 aliphatic rings. The van der Waals surface area contributed by atoms with Crippen LogP contribution in [0.1, 0.15) is 10.4 Å². The summed E-state index contributed by atoms with van der Waals surface area (Å²) in [6.45, 7) is 0. The first-order valence-corrected chi connectivity index (χ1v) is 6.75. The molecule has 0 saturated carbocycles. The lowest BCUT2D eigenvalue weighted by molar-refractivity contribution is 0.0699. The Morgan fingerprint density at radius 1 is 1.40 bits per heavy atom. The van der Waals surface area contributed by atoms with Gasteiger partial charge in [0.05, 0.1) is 10.6 Å². The zero-order valence-electron chi connectivity index (χ0n) is 9.80. The smallest absolute Gasteiger partial charge is 0.336 e. The molecule has 100 valence electrons. The highest BCUT2D eigenvalue weighted by atomic mass is 35.5. The average Bonchev–Trinajstić information content (AvgIpc) is 2.96. The number of hydrogen-bond donors (Lipinski definition) is 1. The molecule has 2 heterocycles. The highest BCUT2D eigenvalue weighted by Crippen LogP contribution is 2.31. The number of rotatable bonds is 2. The first-order chi connectivity index (χ1) is 9.58. The number of nitrogens with zero attached hydrogens (tertiary/aromatic N) is 2. The minimum atomic E-state index is -1.19. The highest BCUT2D eigenvalue weighted by molar-refractivity contribution is 7.13. The van der Waals surface area contributed by atoms with E-state index in [0.717, 1.165) is 6.07 Å². The molecule has 3 aromatic rings. The Morgan fingerprint density at radius 2 is 2.20 bits per heavy atom. The van der Waals surface area contributed by atoms with Crippen molar-refractivity contribution >= 4 is 39.8 Å². The number of thiazole rings is 1. The summed E-state index contributed by atoms with van der Waals surface area (Å²) in [7, 11) is 0. The fourth-order valence-electron chi connectivity index (χ4n) is 1.90. The molecule has 0 unspecified atom stereocenters. The third-order valence-corrected chi connectivity index (χ3v) is 3.85. The second kappa shape index (κ2) is 4.81. The van der Waals surface area contributed by atoms with Crippen molar-refractivity contribution in [3.63, 3.8) is 0 Å². The Balaban J connectivity index is 2.43. The van der Waals surface area contributed by atoms with E-state index < -0.39 is 11.8 Å². The number of fused-ring (bicyclic) bond motifs is 1. The molecule has 0 saturated heterocycles. The Labute approximate surface area is 121 Å². The molecule has 0 fully saturated rings. The summed E-state index contributed by atoms with van der Waals surface area (Å²) < 4.78 is 13.9. The number of carboxylic acids is 1. The summed E-state index contributed by atoms with van der Waals surface area (Å²) in [6, 6.07) is 3.83. The van der Waals surface area contributed by atoms with Crippen LogP contribution in [0.15, 0.2) is 29.8 Å². The van der Waals surface area contributed by atoms with Crippen LogP contribution >= 0.6 is 22.9 Å². The van der Waals surface area contributed by atoms with E-state index in [0.29, 0.717) is 10.7 Å². The largest absolute Gasteiger partial charge is 0.478 e. The van der Waals surface area contributed by atoms with Gasteiger partial charge in [-0.3, -0.25) is 0 Å². The molecule has 20 heavy (non-hydrogen) atoms. The summed E-state index contributed by atoms with van der Waals surface area (Å²) >= 11 is 7.27. The lowest BCUT2D eigenvalue weighted by atomic mass is 10.1. The predicted molar refractivity (Wildman–Crippen MR) is 74.8 cm³/mol. The standard InChI is InChI=1S/C13H6ClFN2O2S/c14-7-1-2-8(15)11-10(7)6(13(18)19)5-9(17-11)12-16-3-4-20-12/h1-5H,(H,18,19). The third-order valence-electron chi connectivity index (χ3n) is 2.74. The number of pyridine rings is 1. The van der Waals surface area contributed by atoms with Gasteiger partial charge >= 0.3 is 5.97 Å². The van der Waals surface area contributed by atoms with Crippen molar-refractivity contribution in [3.8, 4) is 10.7 Å². The maximum absolute atomic E-state index is 13.9. The van der Waals surface area contributed by atoms with E-state index >= 15 is 0 Å². The minimum absolute atomic E-state index is 0.0670. The molecule has 3 rings (SSSR count). The minimum Gasteiger partial charge on any atom is -0.478 e. The van der Waals surface area contributed by atoms with Gasteiger partial charge in [0.25, 0.3) is 0 Å². The molecule has 1 aromatic carbocycles. The van der Waals surface area contributed by atoms with Crippen LogP contribution in [-0.4, -0.2) is 21.0 Å². The fourth-order valence-corrected chi connectivity index (χ4v) is 2.75. The third kappa shape index (κ3) is 2.03. The number of halogens is 2. The van der Waals surface area contributed by atoms with Gasteiger partial charge in [0.2, 0.25) is 0 Å².